The summed E-state index contributed by atoms with van der Waals surface area (Å²) in [5.74, 6) is -0.276. The summed E-state index contributed by atoms with van der Waals surface area (Å²) in [7, 11) is 3.79. The van der Waals surface area contributed by atoms with Crippen molar-refractivity contribution in [3.05, 3.63) is 29.6 Å². The van der Waals surface area contributed by atoms with Crippen LogP contribution in [0.5, 0.6) is 0 Å². The molecule has 0 saturated heterocycles. The van der Waals surface area contributed by atoms with Gasteiger partial charge in [-0.25, -0.2) is 4.39 Å². The normalized spacial score (nSPS) is 12.5. The fraction of sp³-hybridized carbons (Fsp3) is 0.333. The van der Waals surface area contributed by atoms with E-state index in [0.29, 0.717) is 9.24 Å². The van der Waals surface area contributed by atoms with Crippen LogP contribution in [-0.2, 0) is 0 Å². The van der Waals surface area contributed by atoms with E-state index in [1.165, 1.54) is 29.2 Å². The van der Waals surface area contributed by atoms with Crippen LogP contribution in [0.3, 0.4) is 0 Å². The van der Waals surface area contributed by atoms with Gasteiger partial charge in [0.2, 0.25) is 5.13 Å². The molecule has 0 amide bonds. The van der Waals surface area contributed by atoms with E-state index in [1.54, 1.807) is 6.07 Å². The zero-order valence-electron chi connectivity index (χ0n) is 10.9. The van der Waals surface area contributed by atoms with Crippen molar-refractivity contribution in [1.29, 1.82) is 0 Å². The van der Waals surface area contributed by atoms with Crippen molar-refractivity contribution >= 4 is 28.2 Å². The van der Waals surface area contributed by atoms with Crippen LogP contribution in [0.2, 0.25) is 0 Å². The Kier molecular flexibility index (Phi) is 4.38. The number of nitrogens with two attached hydrogens (primary N) is 1. The number of aromatic nitrogens is 2. The number of anilines is 1. The molecule has 0 aliphatic heterocycles. The first kappa shape index (κ1) is 14.2. The number of nitrogens with zero attached hydrogens (tertiary/aromatic N) is 3. The zero-order chi connectivity index (χ0) is 14.0. The lowest BCUT2D eigenvalue weighted by Gasteiger charge is -2.11. The molecule has 1 aromatic heterocycles. The lowest BCUT2D eigenvalue weighted by Crippen LogP contribution is -2.07. The topological polar surface area (TPSA) is 55.0 Å². The number of rotatable bonds is 4. The Hall–Kier alpha value is -1.18. The predicted octanol–water partition coefficient (Wildman–Crippen LogP) is 2.91. The molecule has 0 fully saturated rings. The molecule has 0 aliphatic carbocycles. The number of hydrogen-bond acceptors (Lipinski definition) is 6. The second-order valence-electron chi connectivity index (χ2n) is 4.29. The number of hydrogen-bond donors (Lipinski definition) is 1. The van der Waals surface area contributed by atoms with Crippen molar-refractivity contribution < 1.29 is 4.39 Å². The summed E-state index contributed by atoms with van der Waals surface area (Å²) in [6, 6.07) is 4.72. The minimum atomic E-state index is -0.276. The molecule has 0 aliphatic rings. The number of benzene rings is 1. The maximum absolute atomic E-state index is 13.9. The summed E-state index contributed by atoms with van der Waals surface area (Å²) < 4.78 is 14.6. The molecule has 7 heteroatoms. The minimum Gasteiger partial charge on any atom is -0.353 e. The fourth-order valence-corrected chi connectivity index (χ4v) is 3.44. The Morgan fingerprint density at radius 2 is 2.11 bits per heavy atom. The third kappa shape index (κ3) is 3.23. The highest BCUT2D eigenvalue weighted by molar-refractivity contribution is 8.01. The molecule has 0 bridgehead atoms. The van der Waals surface area contributed by atoms with Gasteiger partial charge in [-0.15, -0.1) is 10.2 Å². The van der Waals surface area contributed by atoms with Crippen LogP contribution in [0, 0.1) is 5.82 Å². The summed E-state index contributed by atoms with van der Waals surface area (Å²) in [6.07, 6.45) is 0. The first-order chi connectivity index (χ1) is 8.99. The molecule has 1 atom stereocenters. The smallest absolute Gasteiger partial charge is 0.208 e. The first-order valence-electron chi connectivity index (χ1n) is 5.71. The highest BCUT2D eigenvalue weighted by Gasteiger charge is 2.16. The summed E-state index contributed by atoms with van der Waals surface area (Å²) in [5.41, 5.74) is 6.65. The van der Waals surface area contributed by atoms with E-state index in [9.17, 15) is 4.39 Å². The molecule has 2 N–H and O–H groups in total. The van der Waals surface area contributed by atoms with E-state index >= 15 is 0 Å². The molecule has 0 saturated carbocycles. The van der Waals surface area contributed by atoms with E-state index in [0.717, 1.165) is 10.7 Å². The van der Waals surface area contributed by atoms with E-state index in [4.69, 9.17) is 5.73 Å². The zero-order valence-corrected chi connectivity index (χ0v) is 12.6. The van der Waals surface area contributed by atoms with E-state index in [-0.39, 0.29) is 11.9 Å². The van der Waals surface area contributed by atoms with Crippen molar-refractivity contribution in [3.63, 3.8) is 0 Å². The summed E-state index contributed by atoms with van der Waals surface area (Å²) in [4.78, 5) is 2.40. The van der Waals surface area contributed by atoms with Crippen molar-refractivity contribution in [2.24, 2.45) is 5.73 Å². The first-order valence-corrected chi connectivity index (χ1v) is 7.35. The second kappa shape index (κ2) is 5.85. The largest absolute Gasteiger partial charge is 0.353 e. The van der Waals surface area contributed by atoms with E-state index in [2.05, 4.69) is 10.2 Å². The van der Waals surface area contributed by atoms with Crippen LogP contribution in [0.4, 0.5) is 9.52 Å². The van der Waals surface area contributed by atoms with Gasteiger partial charge in [-0.3, -0.25) is 0 Å². The number of halogens is 1. The Bertz CT molecular complexity index is 569. The van der Waals surface area contributed by atoms with Crippen LogP contribution >= 0.6 is 23.1 Å². The van der Waals surface area contributed by atoms with Crippen LogP contribution in [-0.4, -0.2) is 24.3 Å². The van der Waals surface area contributed by atoms with Crippen molar-refractivity contribution in [1.82, 2.24) is 10.2 Å². The quantitative estimate of drug-likeness (QED) is 0.940. The van der Waals surface area contributed by atoms with Gasteiger partial charge in [0.1, 0.15) is 5.82 Å². The van der Waals surface area contributed by atoms with Crippen molar-refractivity contribution in [3.8, 4) is 0 Å². The molecule has 2 rings (SSSR count). The predicted molar refractivity (Wildman–Crippen MR) is 77.4 cm³/mol. The van der Waals surface area contributed by atoms with Gasteiger partial charge in [0.05, 0.1) is 4.90 Å². The van der Waals surface area contributed by atoms with Crippen molar-refractivity contribution in [2.45, 2.75) is 22.2 Å². The molecule has 0 radical (unpaired) electrons. The molecular formula is C12H15FN4S2. The van der Waals surface area contributed by atoms with E-state index in [1.807, 2.05) is 32.0 Å². The average Bonchev–Trinajstić information content (AvgIpc) is 2.80. The van der Waals surface area contributed by atoms with Gasteiger partial charge in [-0.2, -0.15) is 0 Å². The Morgan fingerprint density at radius 3 is 2.68 bits per heavy atom. The highest BCUT2D eigenvalue weighted by Crippen LogP contribution is 2.37. The molecule has 4 nitrogen and oxygen atoms in total. The van der Waals surface area contributed by atoms with Gasteiger partial charge in [-0.05, 0) is 18.6 Å². The molecule has 2 aromatic rings. The van der Waals surface area contributed by atoms with Gasteiger partial charge < -0.3 is 10.6 Å². The fourth-order valence-electron chi connectivity index (χ4n) is 1.50. The minimum absolute atomic E-state index is 0.223. The highest BCUT2D eigenvalue weighted by atomic mass is 32.2. The summed E-state index contributed by atoms with van der Waals surface area (Å²) in [5, 5.41) is 8.89. The van der Waals surface area contributed by atoms with Crippen LogP contribution in [0.1, 0.15) is 18.5 Å². The molecule has 102 valence electrons. The van der Waals surface area contributed by atoms with Gasteiger partial charge >= 0.3 is 0 Å². The Labute approximate surface area is 119 Å². The third-order valence-corrected chi connectivity index (χ3v) is 4.73. The molecular weight excluding hydrogens is 283 g/mol. The van der Waals surface area contributed by atoms with Gasteiger partial charge in [-0.1, -0.05) is 35.2 Å². The van der Waals surface area contributed by atoms with E-state index < -0.39 is 0 Å². The second-order valence-corrected chi connectivity index (χ2v) is 6.51. The van der Waals surface area contributed by atoms with Crippen LogP contribution in [0.15, 0.2) is 27.4 Å². The monoisotopic (exact) mass is 298 g/mol. The summed E-state index contributed by atoms with van der Waals surface area (Å²) >= 11 is 2.69. The van der Waals surface area contributed by atoms with Crippen LogP contribution in [0.25, 0.3) is 0 Å². The standard InChI is InChI=1S/C12H15FN4S2/c1-7(14)8-5-4-6-9(13)10(8)18-12-16-15-11(19-12)17(2)3/h4-7H,14H2,1-3H3/t7-/m0/s1. The van der Waals surface area contributed by atoms with Gasteiger partial charge in [0, 0.05) is 20.1 Å². The van der Waals surface area contributed by atoms with Crippen LogP contribution < -0.4 is 10.6 Å². The molecule has 1 heterocycles. The maximum atomic E-state index is 13.9. The SMILES string of the molecule is C[C@H](N)c1cccc(F)c1Sc1nnc(N(C)C)s1. The Morgan fingerprint density at radius 1 is 1.37 bits per heavy atom. The molecule has 19 heavy (non-hydrogen) atoms. The molecule has 0 unspecified atom stereocenters. The Balaban J connectivity index is 2.32. The maximum Gasteiger partial charge on any atom is 0.208 e. The molecule has 0 spiro atoms. The van der Waals surface area contributed by atoms with Gasteiger partial charge in [0.25, 0.3) is 0 Å². The van der Waals surface area contributed by atoms with Gasteiger partial charge in [0.15, 0.2) is 4.34 Å². The third-order valence-electron chi connectivity index (χ3n) is 2.46. The lowest BCUT2D eigenvalue weighted by molar-refractivity contribution is 0.591. The lowest BCUT2D eigenvalue weighted by atomic mass is 10.1. The average molecular weight is 298 g/mol. The summed E-state index contributed by atoms with van der Waals surface area (Å²) in [6.45, 7) is 1.84. The molecule has 1 aromatic carbocycles. The van der Waals surface area contributed by atoms with Crippen molar-refractivity contribution in [2.75, 3.05) is 19.0 Å².